The van der Waals surface area contributed by atoms with E-state index in [1.54, 1.807) is 9.12 Å². The first-order valence-electron chi connectivity index (χ1n) is 2.12. The lowest BCUT2D eigenvalue weighted by atomic mass is 10.6. The number of rotatable bonds is 1. The van der Waals surface area contributed by atoms with Gasteiger partial charge in [0.25, 0.3) is 0 Å². The molecule has 0 atom stereocenters. The zero-order valence-corrected chi connectivity index (χ0v) is 6.78. The van der Waals surface area contributed by atoms with Crippen molar-refractivity contribution in [2.75, 3.05) is 13.1 Å². The Balaban J connectivity index is 2.22. The van der Waals surface area contributed by atoms with E-state index in [1.807, 2.05) is 0 Å². The van der Waals surface area contributed by atoms with Gasteiger partial charge in [-0.15, -0.1) is 0 Å². The number of nitrogens with zero attached hydrogens (tertiary/aromatic N) is 1. The summed E-state index contributed by atoms with van der Waals surface area (Å²) in [6, 6.07) is 0. The third-order valence-corrected chi connectivity index (χ3v) is 3.05. The fourth-order valence-corrected chi connectivity index (χ4v) is 1.76. The second kappa shape index (κ2) is 2.94. The van der Waals surface area contributed by atoms with Gasteiger partial charge in [0.05, 0.1) is 0 Å². The molecule has 40 valence electrons. The van der Waals surface area contributed by atoms with Crippen LogP contribution >= 0.6 is 30.3 Å². The molecule has 0 aromatic rings. The van der Waals surface area contributed by atoms with Crippen molar-refractivity contribution in [3.63, 3.8) is 0 Å². The molecule has 0 aromatic heterocycles. The molecule has 1 aliphatic heterocycles. The Morgan fingerprint density at radius 1 is 1.43 bits per heavy atom. The summed E-state index contributed by atoms with van der Waals surface area (Å²) < 4.78 is 2.28. The first-order valence-corrected chi connectivity index (χ1v) is 5.44. The van der Waals surface area contributed by atoms with Gasteiger partial charge in [0.1, 0.15) is 0 Å². The van der Waals surface area contributed by atoms with Gasteiger partial charge < -0.3 is 0 Å². The SMILES string of the molecule is ISN1CC=CC1. The number of hydrogen-bond acceptors (Lipinski definition) is 2. The Labute approximate surface area is 59.9 Å². The summed E-state index contributed by atoms with van der Waals surface area (Å²) in [5.74, 6) is 0. The Kier molecular flexibility index (Phi) is 2.48. The van der Waals surface area contributed by atoms with Gasteiger partial charge in [-0.3, -0.25) is 0 Å². The maximum Gasteiger partial charge on any atom is 0.0281 e. The van der Waals surface area contributed by atoms with Crippen LogP contribution in [0.5, 0.6) is 0 Å². The van der Waals surface area contributed by atoms with E-state index in [4.69, 9.17) is 0 Å². The fraction of sp³-hybridized carbons (Fsp3) is 0.500. The molecule has 1 aliphatic rings. The standard InChI is InChI=1S/C4H6INS/c5-7-6-3-1-2-4-6/h1-2H,3-4H2. The predicted octanol–water partition coefficient (Wildman–Crippen LogP) is 1.86. The van der Waals surface area contributed by atoms with Crippen molar-refractivity contribution >= 4 is 30.3 Å². The smallest absolute Gasteiger partial charge is 0.0281 e. The van der Waals surface area contributed by atoms with Gasteiger partial charge in [0.15, 0.2) is 0 Å². The Bertz CT molecular complexity index is 75.8. The second-order valence-corrected chi connectivity index (χ2v) is 3.22. The molecular weight excluding hydrogens is 221 g/mol. The first kappa shape index (κ1) is 5.91. The van der Waals surface area contributed by atoms with Crippen LogP contribution < -0.4 is 0 Å². The fourth-order valence-electron chi connectivity index (χ4n) is 0.515. The van der Waals surface area contributed by atoms with E-state index in [-0.39, 0.29) is 0 Å². The number of hydrogen-bond donors (Lipinski definition) is 0. The van der Waals surface area contributed by atoms with Crippen LogP contribution in [-0.4, -0.2) is 17.4 Å². The molecule has 1 rings (SSSR count). The van der Waals surface area contributed by atoms with Crippen molar-refractivity contribution in [3.8, 4) is 0 Å². The van der Waals surface area contributed by atoms with E-state index in [2.05, 4.69) is 37.7 Å². The van der Waals surface area contributed by atoms with E-state index >= 15 is 0 Å². The summed E-state index contributed by atoms with van der Waals surface area (Å²) in [6.07, 6.45) is 4.37. The van der Waals surface area contributed by atoms with Gasteiger partial charge in [-0.2, -0.15) is 0 Å². The predicted molar refractivity (Wildman–Crippen MR) is 42.3 cm³/mol. The van der Waals surface area contributed by atoms with Crippen LogP contribution in [0.4, 0.5) is 0 Å². The van der Waals surface area contributed by atoms with E-state index in [0.717, 1.165) is 13.1 Å². The van der Waals surface area contributed by atoms with Crippen molar-refractivity contribution in [1.29, 1.82) is 0 Å². The summed E-state index contributed by atoms with van der Waals surface area (Å²) >= 11 is 2.29. The molecule has 0 aliphatic carbocycles. The van der Waals surface area contributed by atoms with Crippen molar-refractivity contribution in [2.45, 2.75) is 0 Å². The minimum absolute atomic E-state index is 1.12. The van der Waals surface area contributed by atoms with Crippen molar-refractivity contribution in [2.24, 2.45) is 0 Å². The molecule has 1 heterocycles. The maximum absolute atomic E-state index is 2.29. The summed E-state index contributed by atoms with van der Waals surface area (Å²) in [4.78, 5) is 0. The lowest BCUT2D eigenvalue weighted by Gasteiger charge is -2.05. The quantitative estimate of drug-likeness (QED) is 0.382. The molecule has 7 heavy (non-hydrogen) atoms. The second-order valence-electron chi connectivity index (χ2n) is 1.39. The third kappa shape index (κ3) is 1.62. The minimum atomic E-state index is 1.12. The summed E-state index contributed by atoms with van der Waals surface area (Å²) in [6.45, 7) is 2.24. The van der Waals surface area contributed by atoms with Crippen LogP contribution in [-0.2, 0) is 0 Å². The van der Waals surface area contributed by atoms with Crippen LogP contribution in [0.2, 0.25) is 0 Å². The van der Waals surface area contributed by atoms with Gasteiger partial charge in [0, 0.05) is 34.3 Å². The normalized spacial score (nSPS) is 21.3. The topological polar surface area (TPSA) is 3.24 Å². The Hall–Kier alpha value is 0.780. The molecule has 0 saturated carbocycles. The van der Waals surface area contributed by atoms with Gasteiger partial charge in [-0.1, -0.05) is 12.2 Å². The van der Waals surface area contributed by atoms with Crippen LogP contribution in [0.1, 0.15) is 0 Å². The first-order chi connectivity index (χ1) is 3.43. The molecule has 0 aromatic carbocycles. The Morgan fingerprint density at radius 2 is 2.00 bits per heavy atom. The molecule has 0 bridgehead atoms. The molecule has 0 unspecified atom stereocenters. The molecule has 0 N–H and O–H groups in total. The number of halogens is 1. The third-order valence-electron chi connectivity index (χ3n) is 0.882. The largest absolute Gasteiger partial charge is 0.234 e. The maximum atomic E-state index is 2.29. The highest BCUT2D eigenvalue weighted by atomic mass is 127. The molecule has 0 fully saturated rings. The molecule has 3 heteroatoms. The van der Waals surface area contributed by atoms with Gasteiger partial charge in [-0.05, 0) is 9.12 Å². The lowest BCUT2D eigenvalue weighted by molar-refractivity contribution is 0.618. The van der Waals surface area contributed by atoms with E-state index in [0.29, 0.717) is 0 Å². The van der Waals surface area contributed by atoms with Gasteiger partial charge >= 0.3 is 0 Å². The van der Waals surface area contributed by atoms with E-state index in [1.165, 1.54) is 0 Å². The molecule has 0 saturated heterocycles. The van der Waals surface area contributed by atoms with Crippen molar-refractivity contribution in [3.05, 3.63) is 12.2 Å². The highest BCUT2D eigenvalue weighted by molar-refractivity contribution is 14.2. The summed E-state index contributed by atoms with van der Waals surface area (Å²) in [5, 5.41) is 0. The van der Waals surface area contributed by atoms with Crippen molar-refractivity contribution in [1.82, 2.24) is 4.31 Å². The van der Waals surface area contributed by atoms with Crippen molar-refractivity contribution < 1.29 is 0 Å². The van der Waals surface area contributed by atoms with Gasteiger partial charge in [-0.25, -0.2) is 4.31 Å². The van der Waals surface area contributed by atoms with Crippen LogP contribution in [0, 0.1) is 0 Å². The summed E-state index contributed by atoms with van der Waals surface area (Å²) in [5.41, 5.74) is 0. The van der Waals surface area contributed by atoms with E-state index in [9.17, 15) is 0 Å². The van der Waals surface area contributed by atoms with Crippen LogP contribution in [0.15, 0.2) is 12.2 Å². The summed E-state index contributed by atoms with van der Waals surface area (Å²) in [7, 11) is 1.77. The average Bonchev–Trinajstić information content (AvgIpc) is 2.14. The van der Waals surface area contributed by atoms with Gasteiger partial charge in [0.2, 0.25) is 0 Å². The zero-order valence-electron chi connectivity index (χ0n) is 3.80. The van der Waals surface area contributed by atoms with E-state index < -0.39 is 0 Å². The molecule has 1 nitrogen and oxygen atoms in total. The average molecular weight is 227 g/mol. The molecule has 0 amide bonds. The monoisotopic (exact) mass is 227 g/mol. The minimum Gasteiger partial charge on any atom is -0.234 e. The zero-order chi connectivity index (χ0) is 5.11. The molecular formula is C4H6INS. The Morgan fingerprint density at radius 3 is 2.29 bits per heavy atom. The van der Waals surface area contributed by atoms with Crippen LogP contribution in [0.3, 0.4) is 0 Å². The lowest BCUT2D eigenvalue weighted by Crippen LogP contribution is -2.06. The highest BCUT2D eigenvalue weighted by Gasteiger charge is 2.02. The van der Waals surface area contributed by atoms with Crippen LogP contribution in [0.25, 0.3) is 0 Å². The molecule has 0 radical (unpaired) electrons. The molecule has 0 spiro atoms. The highest BCUT2D eigenvalue weighted by Crippen LogP contribution is 2.19.